The Hall–Kier alpha value is -3.46. The van der Waals surface area contributed by atoms with Gasteiger partial charge in [-0.2, -0.15) is 0 Å². The molecule has 0 saturated carbocycles. The van der Waals surface area contributed by atoms with Crippen molar-refractivity contribution < 1.29 is 42.2 Å². The van der Waals surface area contributed by atoms with Crippen LogP contribution in [0.25, 0.3) is 0 Å². The lowest BCUT2D eigenvalue weighted by Crippen LogP contribution is -3.14. The fourth-order valence-corrected chi connectivity index (χ4v) is 5.60. The topological polar surface area (TPSA) is 97.9 Å². The Kier molecular flexibility index (Phi) is 12.5. The van der Waals surface area contributed by atoms with Gasteiger partial charge in [-0.3, -0.25) is 4.79 Å². The molecular formula is C34H46ClN3O5. The van der Waals surface area contributed by atoms with Crippen LogP contribution in [0.1, 0.15) is 63.7 Å². The van der Waals surface area contributed by atoms with Crippen molar-refractivity contribution in [3.63, 3.8) is 0 Å². The molecule has 0 radical (unpaired) electrons. The predicted octanol–water partition coefficient (Wildman–Crippen LogP) is 2.24. The molecule has 2 aromatic carbocycles. The van der Waals surface area contributed by atoms with Crippen LogP contribution in [0.4, 0.5) is 17.1 Å². The maximum atomic E-state index is 14.0. The number of carbonyl (C=O) groups is 1. The first-order chi connectivity index (χ1) is 20.2. The molecule has 2 heterocycles. The summed E-state index contributed by atoms with van der Waals surface area (Å²) in [7, 11) is 0. The van der Waals surface area contributed by atoms with Gasteiger partial charge in [-0.05, 0) is 65.5 Å². The molecular weight excluding hydrogens is 566 g/mol. The van der Waals surface area contributed by atoms with Gasteiger partial charge in [0.15, 0.2) is 0 Å². The Morgan fingerprint density at radius 2 is 1.56 bits per heavy atom. The third-order valence-electron chi connectivity index (χ3n) is 8.01. The van der Waals surface area contributed by atoms with Crippen molar-refractivity contribution in [3.8, 4) is 17.2 Å². The van der Waals surface area contributed by atoms with Gasteiger partial charge in [0.05, 0.1) is 43.2 Å². The van der Waals surface area contributed by atoms with E-state index in [1.165, 1.54) is 28.2 Å². The molecule has 4 N–H and O–H groups in total. The van der Waals surface area contributed by atoms with E-state index >= 15 is 0 Å². The van der Waals surface area contributed by atoms with E-state index < -0.39 is 0 Å². The Balaban J connectivity index is 0.00000506. The van der Waals surface area contributed by atoms with Gasteiger partial charge in [-0.15, -0.1) is 0 Å². The molecule has 234 valence electrons. The van der Waals surface area contributed by atoms with Crippen LogP contribution < -0.4 is 27.1 Å². The molecule has 0 spiro atoms. The first-order valence-electron chi connectivity index (χ1n) is 15.0. The summed E-state index contributed by atoms with van der Waals surface area (Å²) in [4.78, 5) is 18.8. The number of quaternary nitrogens is 1. The van der Waals surface area contributed by atoms with Crippen molar-refractivity contribution in [2.75, 3.05) is 55.7 Å². The zero-order valence-corrected chi connectivity index (χ0v) is 26.6. The molecule has 2 aliphatic rings. The summed E-state index contributed by atoms with van der Waals surface area (Å²) >= 11 is 0. The highest BCUT2D eigenvalue weighted by Crippen LogP contribution is 2.49. The highest BCUT2D eigenvalue weighted by atomic mass is 35.5. The zero-order chi connectivity index (χ0) is 30.2. The normalized spacial score (nSPS) is 15.9. The number of hydrogen-bond donors (Lipinski definition) is 4. The molecule has 0 bridgehead atoms. The number of nitrogens with one attached hydrogen (secondary N) is 1. The summed E-state index contributed by atoms with van der Waals surface area (Å²) in [5.41, 5.74) is 5.39. The number of allylic oxidation sites excluding steroid dienone is 5. The molecule has 9 heteroatoms. The van der Waals surface area contributed by atoms with Gasteiger partial charge in [0.2, 0.25) is 0 Å². The molecule has 1 saturated heterocycles. The van der Waals surface area contributed by atoms with Crippen molar-refractivity contribution in [2.45, 2.75) is 53.4 Å². The van der Waals surface area contributed by atoms with E-state index in [2.05, 4.69) is 39.8 Å². The number of ether oxygens (including phenoxy) is 1. The van der Waals surface area contributed by atoms with Gasteiger partial charge in [0.25, 0.3) is 5.91 Å². The molecule has 2 aromatic rings. The number of anilines is 3. The number of hydrogen-bond acceptors (Lipinski definition) is 6. The summed E-state index contributed by atoms with van der Waals surface area (Å²) in [5, 5.41) is 32.7. The third kappa shape index (κ3) is 8.78. The van der Waals surface area contributed by atoms with E-state index in [-0.39, 0.29) is 42.1 Å². The van der Waals surface area contributed by atoms with Crippen LogP contribution in [0.15, 0.2) is 65.3 Å². The fourth-order valence-electron chi connectivity index (χ4n) is 5.60. The van der Waals surface area contributed by atoms with Crippen LogP contribution >= 0.6 is 0 Å². The van der Waals surface area contributed by atoms with Gasteiger partial charge >= 0.3 is 0 Å². The molecule has 0 atom stereocenters. The van der Waals surface area contributed by atoms with Crippen molar-refractivity contribution in [1.29, 1.82) is 0 Å². The minimum atomic E-state index is -0.299. The number of phenolic OH excluding ortho intramolecular Hbond substituents is 3. The number of aromatic hydroxyl groups is 3. The molecule has 4 rings (SSSR count). The van der Waals surface area contributed by atoms with Gasteiger partial charge in [0, 0.05) is 18.7 Å². The van der Waals surface area contributed by atoms with Crippen molar-refractivity contribution in [1.82, 2.24) is 0 Å². The number of morpholine rings is 1. The summed E-state index contributed by atoms with van der Waals surface area (Å²) in [6, 6.07) is 7.74. The Morgan fingerprint density at radius 1 is 0.884 bits per heavy atom. The number of amides is 1. The van der Waals surface area contributed by atoms with E-state index in [9.17, 15) is 20.1 Å². The molecule has 1 fully saturated rings. The minimum Gasteiger partial charge on any atom is -1.00 e. The van der Waals surface area contributed by atoms with E-state index in [0.717, 1.165) is 50.9 Å². The standard InChI is InChI=1S/C34H45N3O5.ClH/c1-24(2)8-5-9-25(3)10-6-11-26(4)14-15-36-29-22-27(38)23-31(40)33(29)37(17-16-35-18-20-42-21-19-35)32-28(34(36)41)12-7-13-30(32)39;/h7-8,10,12-14,22-23,38-40H,5-6,9,11,15-21H2,1-4H3;1H/b25-10+,26-14+;. The third-order valence-corrected chi connectivity index (χ3v) is 8.01. The van der Waals surface area contributed by atoms with Crippen LogP contribution in [0.3, 0.4) is 0 Å². The fraction of sp³-hybridized carbons (Fsp3) is 0.441. The first kappa shape index (κ1) is 34.0. The second-order valence-corrected chi connectivity index (χ2v) is 11.6. The van der Waals surface area contributed by atoms with Crippen molar-refractivity contribution in [2.24, 2.45) is 0 Å². The number of halogens is 1. The Morgan fingerprint density at radius 3 is 2.26 bits per heavy atom. The van der Waals surface area contributed by atoms with Gasteiger partial charge in [0.1, 0.15) is 36.0 Å². The van der Waals surface area contributed by atoms with E-state index in [1.54, 1.807) is 23.1 Å². The predicted molar refractivity (Wildman–Crippen MR) is 168 cm³/mol. The number of carbonyl (C=O) groups excluding carboxylic acids is 1. The average Bonchev–Trinajstić information content (AvgIpc) is 3.04. The first-order valence-corrected chi connectivity index (χ1v) is 15.0. The smallest absolute Gasteiger partial charge is 0.260 e. The Bertz CT molecular complexity index is 1360. The minimum absolute atomic E-state index is 0. The van der Waals surface area contributed by atoms with E-state index in [4.69, 9.17) is 4.74 Å². The van der Waals surface area contributed by atoms with Crippen molar-refractivity contribution >= 4 is 23.0 Å². The van der Waals surface area contributed by atoms with Crippen LogP contribution in [0, 0.1) is 0 Å². The van der Waals surface area contributed by atoms with Gasteiger partial charge in [-0.25, -0.2) is 0 Å². The van der Waals surface area contributed by atoms with E-state index in [1.807, 2.05) is 11.0 Å². The molecule has 8 nitrogen and oxygen atoms in total. The molecule has 2 aliphatic heterocycles. The summed E-state index contributed by atoms with van der Waals surface area (Å²) < 4.78 is 5.50. The highest BCUT2D eigenvalue weighted by molar-refractivity contribution is 6.15. The number of para-hydroxylation sites is 1. The zero-order valence-electron chi connectivity index (χ0n) is 25.8. The molecule has 1 amide bonds. The number of fused-ring (bicyclic) bond motifs is 2. The van der Waals surface area contributed by atoms with Gasteiger partial charge < -0.3 is 47.2 Å². The maximum absolute atomic E-state index is 14.0. The second-order valence-electron chi connectivity index (χ2n) is 11.6. The van der Waals surface area contributed by atoms with Crippen LogP contribution in [0.2, 0.25) is 0 Å². The van der Waals surface area contributed by atoms with E-state index in [0.29, 0.717) is 42.4 Å². The molecule has 0 aromatic heterocycles. The average molecular weight is 612 g/mol. The number of benzene rings is 2. The van der Waals surface area contributed by atoms with Crippen LogP contribution in [-0.4, -0.2) is 67.2 Å². The lowest BCUT2D eigenvalue weighted by atomic mass is 10.1. The summed E-state index contributed by atoms with van der Waals surface area (Å²) in [5.74, 6) is -0.610. The Labute approximate surface area is 262 Å². The second kappa shape index (κ2) is 15.8. The quantitative estimate of drug-likeness (QED) is 0.291. The number of rotatable bonds is 11. The lowest BCUT2D eigenvalue weighted by molar-refractivity contribution is -0.906. The summed E-state index contributed by atoms with van der Waals surface area (Å²) in [6.07, 6.45) is 10.5. The SMILES string of the molecule is CC(C)=CCC/C(C)=C/CC/C(C)=C/CN1C(=O)c2cccc(O)c2N(CC[NH+]2CCOCC2)c2c(O)cc(O)cc21.[Cl-]. The maximum Gasteiger partial charge on any atom is 0.260 e. The lowest BCUT2D eigenvalue weighted by Gasteiger charge is -2.31. The van der Waals surface area contributed by atoms with Crippen LogP contribution in [-0.2, 0) is 4.74 Å². The molecule has 0 unspecified atom stereocenters. The van der Waals surface area contributed by atoms with Crippen LogP contribution in [0.5, 0.6) is 17.2 Å². The number of nitrogens with zero attached hydrogens (tertiary/aromatic N) is 2. The highest BCUT2D eigenvalue weighted by Gasteiger charge is 2.35. The number of phenols is 3. The largest absolute Gasteiger partial charge is 1.00 e. The molecule has 0 aliphatic carbocycles. The monoisotopic (exact) mass is 611 g/mol. The summed E-state index contributed by atoms with van der Waals surface area (Å²) in [6.45, 7) is 13.0. The van der Waals surface area contributed by atoms with Gasteiger partial charge in [-0.1, -0.05) is 41.0 Å². The molecule has 43 heavy (non-hydrogen) atoms. The van der Waals surface area contributed by atoms with Crippen molar-refractivity contribution in [3.05, 3.63) is 70.8 Å².